The van der Waals surface area contributed by atoms with Crippen LogP contribution in [0.15, 0.2) is 29.3 Å². The number of aromatic nitrogens is 1. The van der Waals surface area contributed by atoms with Crippen molar-refractivity contribution >= 4 is 41.3 Å². The summed E-state index contributed by atoms with van der Waals surface area (Å²) in [4.78, 5) is 13.1. The number of aryl methyl sites for hydroxylation is 2. The van der Waals surface area contributed by atoms with Gasteiger partial charge in [-0.05, 0) is 70.3 Å². The minimum atomic E-state index is 0. The van der Waals surface area contributed by atoms with E-state index in [1.165, 1.54) is 23.3 Å². The average molecular weight is 558 g/mol. The van der Waals surface area contributed by atoms with E-state index in [2.05, 4.69) is 53.4 Å². The predicted octanol–water partition coefficient (Wildman–Crippen LogP) is 4.35. The Labute approximate surface area is 207 Å². The SMILES string of the molecule is CCNC(=NCc1nc(C)c(C)s1)NCC1CCN(Cc2ccc(OC)cc2)CC1.I. The molecule has 172 valence electrons. The number of halogens is 1. The third kappa shape index (κ3) is 8.23. The number of benzene rings is 1. The Morgan fingerprint density at radius 1 is 1.19 bits per heavy atom. The molecule has 1 aromatic heterocycles. The van der Waals surface area contributed by atoms with Crippen LogP contribution in [0.3, 0.4) is 0 Å². The number of likely N-dealkylation sites (tertiary alicyclic amines) is 1. The van der Waals surface area contributed by atoms with Crippen molar-refractivity contribution in [3.8, 4) is 5.75 Å². The first kappa shape index (κ1) is 25.9. The Balaban J connectivity index is 0.00000341. The van der Waals surface area contributed by atoms with Gasteiger partial charge in [0, 0.05) is 24.5 Å². The molecule has 0 spiro atoms. The summed E-state index contributed by atoms with van der Waals surface area (Å²) in [6.45, 7) is 12.0. The molecule has 2 heterocycles. The van der Waals surface area contributed by atoms with Gasteiger partial charge >= 0.3 is 0 Å². The van der Waals surface area contributed by atoms with Gasteiger partial charge in [-0.25, -0.2) is 9.98 Å². The van der Waals surface area contributed by atoms with Crippen LogP contribution >= 0.6 is 35.3 Å². The molecule has 1 fully saturated rings. The van der Waals surface area contributed by atoms with Gasteiger partial charge in [-0.15, -0.1) is 35.3 Å². The van der Waals surface area contributed by atoms with Crippen LogP contribution in [0.2, 0.25) is 0 Å². The lowest BCUT2D eigenvalue weighted by atomic mass is 9.96. The van der Waals surface area contributed by atoms with E-state index >= 15 is 0 Å². The minimum Gasteiger partial charge on any atom is -0.497 e. The molecule has 0 aliphatic carbocycles. The number of hydrogen-bond donors (Lipinski definition) is 2. The summed E-state index contributed by atoms with van der Waals surface area (Å²) >= 11 is 1.74. The fraction of sp³-hybridized carbons (Fsp3) is 0.565. The quantitative estimate of drug-likeness (QED) is 0.287. The summed E-state index contributed by atoms with van der Waals surface area (Å²) in [5.41, 5.74) is 2.46. The van der Waals surface area contributed by atoms with Crippen LogP contribution in [0.5, 0.6) is 5.75 Å². The molecule has 1 saturated heterocycles. The fourth-order valence-corrected chi connectivity index (χ4v) is 4.53. The van der Waals surface area contributed by atoms with E-state index in [0.717, 1.165) is 55.1 Å². The zero-order valence-electron chi connectivity index (χ0n) is 19.1. The second-order valence-electron chi connectivity index (χ2n) is 7.89. The van der Waals surface area contributed by atoms with E-state index in [1.54, 1.807) is 18.4 Å². The molecule has 2 N–H and O–H groups in total. The Morgan fingerprint density at radius 2 is 1.90 bits per heavy atom. The van der Waals surface area contributed by atoms with Crippen LogP contribution < -0.4 is 15.4 Å². The summed E-state index contributed by atoms with van der Waals surface area (Å²) in [5, 5.41) is 7.98. The van der Waals surface area contributed by atoms with Crippen molar-refractivity contribution in [3.05, 3.63) is 45.4 Å². The lowest BCUT2D eigenvalue weighted by Crippen LogP contribution is -2.42. The Hall–Kier alpha value is -1.39. The van der Waals surface area contributed by atoms with E-state index in [4.69, 9.17) is 9.73 Å². The lowest BCUT2D eigenvalue weighted by molar-refractivity contribution is 0.178. The van der Waals surface area contributed by atoms with Crippen LogP contribution in [0.4, 0.5) is 0 Å². The van der Waals surface area contributed by atoms with Crippen LogP contribution in [0.1, 0.15) is 40.9 Å². The van der Waals surface area contributed by atoms with Gasteiger partial charge in [-0.1, -0.05) is 12.1 Å². The number of hydrogen-bond acceptors (Lipinski definition) is 5. The molecule has 8 heteroatoms. The summed E-state index contributed by atoms with van der Waals surface area (Å²) in [6, 6.07) is 8.41. The van der Waals surface area contributed by atoms with E-state index < -0.39 is 0 Å². The van der Waals surface area contributed by atoms with E-state index in [-0.39, 0.29) is 24.0 Å². The second kappa shape index (κ2) is 13.2. The van der Waals surface area contributed by atoms with Crippen molar-refractivity contribution in [2.75, 3.05) is 33.3 Å². The van der Waals surface area contributed by atoms with Crippen molar-refractivity contribution in [1.82, 2.24) is 20.5 Å². The highest BCUT2D eigenvalue weighted by molar-refractivity contribution is 14.0. The van der Waals surface area contributed by atoms with Crippen molar-refractivity contribution in [1.29, 1.82) is 0 Å². The monoisotopic (exact) mass is 557 g/mol. The first-order valence-corrected chi connectivity index (χ1v) is 11.7. The third-order valence-corrected chi connectivity index (χ3v) is 6.68. The smallest absolute Gasteiger partial charge is 0.191 e. The normalized spacial score (nSPS) is 15.4. The number of thiazole rings is 1. The van der Waals surface area contributed by atoms with Gasteiger partial charge in [0.2, 0.25) is 0 Å². The van der Waals surface area contributed by atoms with Crippen LogP contribution in [-0.2, 0) is 13.1 Å². The van der Waals surface area contributed by atoms with Crippen LogP contribution in [0.25, 0.3) is 0 Å². The number of guanidine groups is 1. The molecule has 1 aromatic carbocycles. The number of methoxy groups -OCH3 is 1. The topological polar surface area (TPSA) is 61.8 Å². The summed E-state index contributed by atoms with van der Waals surface area (Å²) in [7, 11) is 1.71. The maximum absolute atomic E-state index is 5.25. The average Bonchev–Trinajstić information content (AvgIpc) is 3.09. The molecule has 1 aliphatic heterocycles. The zero-order valence-corrected chi connectivity index (χ0v) is 22.3. The number of piperidine rings is 1. The second-order valence-corrected chi connectivity index (χ2v) is 9.18. The molecule has 2 aromatic rings. The number of ether oxygens (including phenoxy) is 1. The predicted molar refractivity (Wildman–Crippen MR) is 141 cm³/mol. The maximum atomic E-state index is 5.25. The Kier molecular flexibility index (Phi) is 11.0. The van der Waals surface area contributed by atoms with Crippen molar-refractivity contribution < 1.29 is 4.74 Å². The first-order chi connectivity index (χ1) is 14.6. The van der Waals surface area contributed by atoms with Gasteiger partial charge in [0.15, 0.2) is 5.96 Å². The number of aliphatic imine (C=N–C) groups is 1. The van der Waals surface area contributed by atoms with E-state index in [9.17, 15) is 0 Å². The molecule has 0 bridgehead atoms. The molecule has 0 radical (unpaired) electrons. The molecule has 6 nitrogen and oxygen atoms in total. The summed E-state index contributed by atoms with van der Waals surface area (Å²) in [5.74, 6) is 2.50. The van der Waals surface area contributed by atoms with E-state index in [1.807, 2.05) is 12.1 Å². The first-order valence-electron chi connectivity index (χ1n) is 10.9. The molecular weight excluding hydrogens is 521 g/mol. The van der Waals surface area contributed by atoms with Gasteiger partial charge in [-0.2, -0.15) is 0 Å². The van der Waals surface area contributed by atoms with Gasteiger partial charge in [0.25, 0.3) is 0 Å². The van der Waals surface area contributed by atoms with E-state index in [0.29, 0.717) is 12.5 Å². The van der Waals surface area contributed by atoms with Crippen LogP contribution in [0, 0.1) is 19.8 Å². The number of nitrogens with zero attached hydrogens (tertiary/aromatic N) is 3. The Bertz CT molecular complexity index is 796. The molecular formula is C23H36IN5OS. The maximum Gasteiger partial charge on any atom is 0.191 e. The van der Waals surface area contributed by atoms with Gasteiger partial charge in [0.05, 0.1) is 19.3 Å². The Morgan fingerprint density at radius 3 is 2.48 bits per heavy atom. The molecule has 0 atom stereocenters. The number of nitrogens with one attached hydrogen (secondary N) is 2. The standard InChI is InChI=1S/C23H35N5OS.HI/c1-5-24-23(26-15-22-27-17(2)18(3)30-22)25-14-19-10-12-28(13-11-19)16-20-6-8-21(29-4)9-7-20;/h6-9,19H,5,10-16H2,1-4H3,(H2,24,25,26);1H. The minimum absolute atomic E-state index is 0. The van der Waals surface area contributed by atoms with Crippen molar-refractivity contribution in [3.63, 3.8) is 0 Å². The lowest BCUT2D eigenvalue weighted by Gasteiger charge is -2.32. The molecule has 0 unspecified atom stereocenters. The van der Waals surface area contributed by atoms with Gasteiger partial charge < -0.3 is 15.4 Å². The fourth-order valence-electron chi connectivity index (χ4n) is 3.67. The summed E-state index contributed by atoms with van der Waals surface area (Å²) < 4.78 is 5.25. The van der Waals surface area contributed by atoms with Crippen LogP contribution in [-0.4, -0.2) is 49.1 Å². The van der Waals surface area contributed by atoms with Crippen molar-refractivity contribution in [2.24, 2.45) is 10.9 Å². The highest BCUT2D eigenvalue weighted by atomic mass is 127. The third-order valence-electron chi connectivity index (χ3n) is 5.62. The highest BCUT2D eigenvalue weighted by Crippen LogP contribution is 2.20. The largest absolute Gasteiger partial charge is 0.497 e. The van der Waals surface area contributed by atoms with Gasteiger partial charge in [-0.3, -0.25) is 4.90 Å². The molecule has 1 aliphatic rings. The molecule has 0 saturated carbocycles. The molecule has 3 rings (SSSR count). The molecule has 0 amide bonds. The summed E-state index contributed by atoms with van der Waals surface area (Å²) in [6.07, 6.45) is 2.43. The zero-order chi connectivity index (χ0) is 21.3. The van der Waals surface area contributed by atoms with Crippen molar-refractivity contribution in [2.45, 2.75) is 46.7 Å². The van der Waals surface area contributed by atoms with Gasteiger partial charge in [0.1, 0.15) is 10.8 Å². The number of rotatable bonds is 8. The molecule has 31 heavy (non-hydrogen) atoms. The highest BCUT2D eigenvalue weighted by Gasteiger charge is 2.19.